The van der Waals surface area contributed by atoms with Gasteiger partial charge in [-0.1, -0.05) is 23.7 Å². The molecule has 0 spiro atoms. The van der Waals surface area contributed by atoms with E-state index in [1.165, 1.54) is 0 Å². The van der Waals surface area contributed by atoms with Gasteiger partial charge in [-0.25, -0.2) is 4.98 Å². The number of halogens is 1. The second-order valence-electron chi connectivity index (χ2n) is 7.11. The maximum absolute atomic E-state index is 12.4. The van der Waals surface area contributed by atoms with Crippen LogP contribution in [0.3, 0.4) is 0 Å². The van der Waals surface area contributed by atoms with E-state index in [1.54, 1.807) is 42.6 Å². The van der Waals surface area contributed by atoms with E-state index in [4.69, 9.17) is 11.6 Å². The Bertz CT molecular complexity index is 1340. The molecule has 4 aromatic rings. The molecule has 0 atom stereocenters. The molecule has 1 aliphatic rings. The number of benzene rings is 2. The van der Waals surface area contributed by atoms with Crippen molar-refractivity contribution in [2.45, 2.75) is 6.42 Å². The average molecular weight is 414 g/mol. The van der Waals surface area contributed by atoms with Gasteiger partial charge in [0, 0.05) is 33.2 Å². The van der Waals surface area contributed by atoms with Crippen molar-refractivity contribution in [1.82, 2.24) is 9.97 Å². The number of nitrogens with one attached hydrogen (secondary N) is 2. The fraction of sp³-hybridized carbons (Fsp3) is 0.0417. The molecular weight excluding hydrogens is 398 g/mol. The molecule has 1 aliphatic heterocycles. The van der Waals surface area contributed by atoms with Crippen molar-refractivity contribution in [3.8, 4) is 11.3 Å². The van der Waals surface area contributed by atoms with Crippen LogP contribution in [-0.4, -0.2) is 21.7 Å². The monoisotopic (exact) mass is 413 g/mol. The molecule has 1 amide bonds. The van der Waals surface area contributed by atoms with Crippen molar-refractivity contribution in [3.63, 3.8) is 0 Å². The molecule has 3 heterocycles. The van der Waals surface area contributed by atoms with Crippen molar-refractivity contribution < 1.29 is 9.59 Å². The number of nitrogens with zero attached hydrogens (tertiary/aromatic N) is 1. The second-order valence-corrected chi connectivity index (χ2v) is 7.55. The fourth-order valence-corrected chi connectivity index (χ4v) is 3.83. The third-order valence-electron chi connectivity index (χ3n) is 5.16. The minimum atomic E-state index is -0.103. The summed E-state index contributed by atoms with van der Waals surface area (Å²) in [7, 11) is 0. The van der Waals surface area contributed by atoms with Crippen LogP contribution in [0, 0.1) is 0 Å². The van der Waals surface area contributed by atoms with E-state index in [-0.39, 0.29) is 18.1 Å². The first-order valence-corrected chi connectivity index (χ1v) is 9.84. The SMILES string of the molecule is O=C1Cc2c([nH]c3ccc(/C=C/C(=O)c4ccc(Cl)cc4)cc23)-c2cccnc2N1. The molecule has 6 heteroatoms. The number of carbonyl (C=O) groups excluding carboxylic acids is 2. The summed E-state index contributed by atoms with van der Waals surface area (Å²) in [6.45, 7) is 0. The van der Waals surface area contributed by atoms with E-state index < -0.39 is 0 Å². The molecule has 0 bridgehead atoms. The maximum atomic E-state index is 12.4. The number of H-pyrrole nitrogens is 1. The highest BCUT2D eigenvalue weighted by atomic mass is 35.5. The van der Waals surface area contributed by atoms with Gasteiger partial charge in [0.2, 0.25) is 5.91 Å². The number of anilines is 1. The zero-order valence-corrected chi connectivity index (χ0v) is 16.5. The molecule has 2 aromatic heterocycles. The van der Waals surface area contributed by atoms with Gasteiger partial charge in [0.15, 0.2) is 5.78 Å². The van der Waals surface area contributed by atoms with Gasteiger partial charge in [-0.05, 0) is 65.7 Å². The average Bonchev–Trinajstić information content (AvgIpc) is 3.03. The molecule has 0 fully saturated rings. The van der Waals surface area contributed by atoms with Crippen LogP contribution in [0.5, 0.6) is 0 Å². The van der Waals surface area contributed by atoms with Gasteiger partial charge in [0.05, 0.1) is 12.1 Å². The van der Waals surface area contributed by atoms with Crippen molar-refractivity contribution in [2.75, 3.05) is 5.32 Å². The smallest absolute Gasteiger partial charge is 0.230 e. The highest BCUT2D eigenvalue weighted by molar-refractivity contribution is 6.30. The van der Waals surface area contributed by atoms with Gasteiger partial charge >= 0.3 is 0 Å². The van der Waals surface area contributed by atoms with Gasteiger partial charge in [0.1, 0.15) is 5.82 Å². The third-order valence-corrected chi connectivity index (χ3v) is 5.41. The van der Waals surface area contributed by atoms with E-state index in [0.29, 0.717) is 16.4 Å². The van der Waals surface area contributed by atoms with E-state index in [0.717, 1.165) is 33.3 Å². The van der Waals surface area contributed by atoms with E-state index in [9.17, 15) is 9.59 Å². The Morgan fingerprint density at radius 3 is 2.77 bits per heavy atom. The number of amides is 1. The van der Waals surface area contributed by atoms with Gasteiger partial charge in [-0.15, -0.1) is 0 Å². The summed E-state index contributed by atoms with van der Waals surface area (Å²) in [5.41, 5.74) is 5.07. The second kappa shape index (κ2) is 7.28. The highest BCUT2D eigenvalue weighted by Crippen LogP contribution is 2.36. The van der Waals surface area contributed by atoms with Gasteiger partial charge in [0.25, 0.3) is 0 Å². The van der Waals surface area contributed by atoms with Gasteiger partial charge < -0.3 is 10.3 Å². The Kier molecular flexibility index (Phi) is 4.45. The Balaban J connectivity index is 1.53. The van der Waals surface area contributed by atoms with Gasteiger partial charge in [-0.3, -0.25) is 9.59 Å². The number of ketones is 1. The Labute approximate surface area is 177 Å². The van der Waals surface area contributed by atoms with Crippen molar-refractivity contribution in [3.05, 3.63) is 88.6 Å². The van der Waals surface area contributed by atoms with Crippen LogP contribution in [0.1, 0.15) is 21.5 Å². The molecule has 5 nitrogen and oxygen atoms in total. The lowest BCUT2D eigenvalue weighted by Gasteiger charge is -2.04. The lowest BCUT2D eigenvalue weighted by molar-refractivity contribution is -0.115. The number of allylic oxidation sites excluding steroid dienone is 1. The molecule has 5 rings (SSSR count). The fourth-order valence-electron chi connectivity index (χ4n) is 3.71. The number of hydrogen-bond donors (Lipinski definition) is 2. The Morgan fingerprint density at radius 1 is 1.10 bits per heavy atom. The van der Waals surface area contributed by atoms with Crippen LogP contribution in [-0.2, 0) is 11.2 Å². The quantitative estimate of drug-likeness (QED) is 0.354. The number of pyridine rings is 1. The normalized spacial score (nSPS) is 13.0. The van der Waals surface area contributed by atoms with Crippen LogP contribution in [0.15, 0.2) is 66.9 Å². The van der Waals surface area contributed by atoms with Crippen LogP contribution in [0.25, 0.3) is 28.2 Å². The molecule has 0 saturated heterocycles. The first-order chi connectivity index (χ1) is 14.6. The first kappa shape index (κ1) is 18.3. The molecule has 30 heavy (non-hydrogen) atoms. The number of carbonyl (C=O) groups is 2. The standard InChI is InChI=1S/C24H16ClN3O2/c25-16-7-5-15(6-8-16)21(29)10-4-14-3-9-20-18(12-14)19-13-22(30)28-24-17(23(19)27-20)2-1-11-26-24/h1-12,27H,13H2,(H,26,28,30)/b10-4+. The number of fused-ring (bicyclic) bond motifs is 5. The van der Waals surface area contributed by atoms with Crippen LogP contribution in [0.2, 0.25) is 5.02 Å². The molecule has 2 N–H and O–H groups in total. The summed E-state index contributed by atoms with van der Waals surface area (Å²) in [4.78, 5) is 32.5. The summed E-state index contributed by atoms with van der Waals surface area (Å²) in [6, 6.07) is 16.5. The van der Waals surface area contributed by atoms with Crippen molar-refractivity contribution in [1.29, 1.82) is 0 Å². The molecule has 146 valence electrons. The lowest BCUT2D eigenvalue weighted by atomic mass is 10.0. The van der Waals surface area contributed by atoms with Crippen LogP contribution in [0.4, 0.5) is 5.82 Å². The van der Waals surface area contributed by atoms with Crippen molar-refractivity contribution in [2.24, 2.45) is 0 Å². The number of rotatable bonds is 3. The predicted molar refractivity (Wildman–Crippen MR) is 119 cm³/mol. The lowest BCUT2D eigenvalue weighted by Crippen LogP contribution is -2.13. The summed E-state index contributed by atoms with van der Waals surface area (Å²) >= 11 is 5.88. The summed E-state index contributed by atoms with van der Waals surface area (Å²) in [5.74, 6) is 0.356. The van der Waals surface area contributed by atoms with E-state index in [1.807, 2.05) is 30.3 Å². The highest BCUT2D eigenvalue weighted by Gasteiger charge is 2.23. The van der Waals surface area contributed by atoms with Crippen LogP contribution >= 0.6 is 11.6 Å². The molecule has 0 unspecified atom stereocenters. The molecule has 0 aliphatic carbocycles. The minimum absolute atomic E-state index is 0.0981. The molecule has 0 radical (unpaired) electrons. The predicted octanol–water partition coefficient (Wildman–Crippen LogP) is 5.27. The van der Waals surface area contributed by atoms with E-state index >= 15 is 0 Å². The Hall–Kier alpha value is -3.70. The Morgan fingerprint density at radius 2 is 1.93 bits per heavy atom. The summed E-state index contributed by atoms with van der Waals surface area (Å²) < 4.78 is 0. The number of aromatic amines is 1. The molecule has 0 saturated carbocycles. The summed E-state index contributed by atoms with van der Waals surface area (Å²) in [6.07, 6.45) is 5.24. The van der Waals surface area contributed by atoms with Crippen LogP contribution < -0.4 is 5.32 Å². The largest absolute Gasteiger partial charge is 0.354 e. The first-order valence-electron chi connectivity index (χ1n) is 9.46. The summed E-state index contributed by atoms with van der Waals surface area (Å²) in [5, 5.41) is 4.41. The van der Waals surface area contributed by atoms with Crippen molar-refractivity contribution >= 4 is 46.1 Å². The zero-order valence-electron chi connectivity index (χ0n) is 15.8. The van der Waals surface area contributed by atoms with E-state index in [2.05, 4.69) is 15.3 Å². The number of hydrogen-bond acceptors (Lipinski definition) is 3. The third kappa shape index (κ3) is 3.29. The minimum Gasteiger partial charge on any atom is -0.354 e. The van der Waals surface area contributed by atoms with Gasteiger partial charge in [-0.2, -0.15) is 0 Å². The topological polar surface area (TPSA) is 74.8 Å². The molecular formula is C24H16ClN3O2. The maximum Gasteiger partial charge on any atom is 0.230 e. The number of aromatic nitrogens is 2. The molecule has 2 aromatic carbocycles. The zero-order chi connectivity index (χ0) is 20.7.